The normalized spacial score (nSPS) is 11.1. The van der Waals surface area contributed by atoms with Crippen LogP contribution in [0.15, 0.2) is 83.4 Å². The van der Waals surface area contributed by atoms with E-state index in [0.717, 1.165) is 11.1 Å². The largest absolute Gasteiger partial charge is 0.434 e. The van der Waals surface area contributed by atoms with Gasteiger partial charge in [-0.2, -0.15) is 4.98 Å². The smallest absolute Gasteiger partial charge is 0.248 e. The van der Waals surface area contributed by atoms with Gasteiger partial charge in [0.1, 0.15) is 0 Å². The maximum atomic E-state index is 12.0. The number of carbonyl (C=O) groups is 1. The summed E-state index contributed by atoms with van der Waals surface area (Å²) < 4.78 is 5.69. The summed E-state index contributed by atoms with van der Waals surface area (Å²) in [6.45, 7) is 0. The van der Waals surface area contributed by atoms with Crippen LogP contribution >= 0.6 is 0 Å². The van der Waals surface area contributed by atoms with Gasteiger partial charge in [0.05, 0.1) is 0 Å². The highest BCUT2D eigenvalue weighted by molar-refractivity contribution is 6.02. The Kier molecular flexibility index (Phi) is 4.26. The van der Waals surface area contributed by atoms with E-state index in [0.29, 0.717) is 22.8 Å². The van der Waals surface area contributed by atoms with Gasteiger partial charge < -0.3 is 9.73 Å². The van der Waals surface area contributed by atoms with Crippen molar-refractivity contribution in [2.24, 2.45) is 0 Å². The first-order chi connectivity index (χ1) is 12.8. The number of carbonyl (C=O) groups excluding carboxylic acids is 1. The molecule has 0 bridgehead atoms. The molecule has 26 heavy (non-hydrogen) atoms. The fourth-order valence-corrected chi connectivity index (χ4v) is 2.51. The van der Waals surface area contributed by atoms with E-state index in [9.17, 15) is 4.79 Å². The number of pyridine rings is 1. The third kappa shape index (κ3) is 3.52. The minimum absolute atomic E-state index is 0.187. The van der Waals surface area contributed by atoms with Gasteiger partial charge in [-0.25, -0.2) is 4.98 Å². The molecule has 0 aliphatic heterocycles. The molecule has 126 valence electrons. The molecule has 4 aromatic rings. The number of rotatable bonds is 4. The number of anilines is 1. The molecular weight excluding hydrogens is 326 g/mol. The predicted octanol–water partition coefficient (Wildman–Crippen LogP) is 4.54. The molecular formula is C21H15N3O2. The van der Waals surface area contributed by atoms with Crippen LogP contribution in [0.4, 0.5) is 5.69 Å². The van der Waals surface area contributed by atoms with Crippen molar-refractivity contribution in [2.75, 3.05) is 5.32 Å². The fraction of sp³-hybridized carbons (Fsp3) is 0. The molecule has 2 aromatic heterocycles. The number of nitrogens with one attached hydrogen (secondary N) is 1. The minimum atomic E-state index is -0.187. The van der Waals surface area contributed by atoms with E-state index in [4.69, 9.17) is 4.42 Å². The van der Waals surface area contributed by atoms with Gasteiger partial charge in [-0.1, -0.05) is 30.3 Å². The molecule has 0 radical (unpaired) electrons. The van der Waals surface area contributed by atoms with E-state index in [1.807, 2.05) is 60.7 Å². The summed E-state index contributed by atoms with van der Waals surface area (Å²) in [6.07, 6.45) is 4.96. The van der Waals surface area contributed by atoms with E-state index < -0.39 is 0 Å². The summed E-state index contributed by atoms with van der Waals surface area (Å²) in [6, 6.07) is 20.6. The molecule has 0 fully saturated rings. The van der Waals surface area contributed by atoms with Crippen molar-refractivity contribution in [2.45, 2.75) is 0 Å². The Morgan fingerprint density at radius 2 is 1.77 bits per heavy atom. The van der Waals surface area contributed by atoms with Gasteiger partial charge in [-0.15, -0.1) is 0 Å². The van der Waals surface area contributed by atoms with Crippen LogP contribution in [0.3, 0.4) is 0 Å². The molecule has 0 atom stereocenters. The number of benzene rings is 2. The average molecular weight is 341 g/mol. The van der Waals surface area contributed by atoms with Gasteiger partial charge in [0.25, 0.3) is 0 Å². The first-order valence-corrected chi connectivity index (χ1v) is 8.14. The summed E-state index contributed by atoms with van der Waals surface area (Å²) in [7, 11) is 0. The van der Waals surface area contributed by atoms with Crippen LogP contribution in [-0.4, -0.2) is 15.9 Å². The monoisotopic (exact) mass is 341 g/mol. The molecule has 2 aromatic carbocycles. The Bertz CT molecular complexity index is 1030. The van der Waals surface area contributed by atoms with Crippen molar-refractivity contribution in [3.8, 4) is 11.5 Å². The first kappa shape index (κ1) is 15.8. The number of nitrogens with zero attached hydrogens (tertiary/aromatic N) is 2. The molecule has 0 spiro atoms. The van der Waals surface area contributed by atoms with Crippen LogP contribution in [0.1, 0.15) is 5.56 Å². The SMILES string of the molecule is O=C(C=Cc1ccccc1)Nc1ccc(-c2nc3ncccc3o2)cc1. The zero-order valence-electron chi connectivity index (χ0n) is 13.8. The molecule has 2 heterocycles. The maximum Gasteiger partial charge on any atom is 0.248 e. The molecule has 1 amide bonds. The van der Waals surface area contributed by atoms with Gasteiger partial charge in [-0.05, 0) is 48.0 Å². The second-order valence-corrected chi connectivity index (χ2v) is 5.65. The summed E-state index contributed by atoms with van der Waals surface area (Å²) in [4.78, 5) is 20.5. The Morgan fingerprint density at radius 3 is 2.54 bits per heavy atom. The van der Waals surface area contributed by atoms with Crippen LogP contribution in [0, 0.1) is 0 Å². The minimum Gasteiger partial charge on any atom is -0.434 e. The molecule has 1 N–H and O–H groups in total. The van der Waals surface area contributed by atoms with Crippen molar-refractivity contribution < 1.29 is 9.21 Å². The third-order valence-electron chi connectivity index (χ3n) is 3.79. The molecule has 0 saturated carbocycles. The van der Waals surface area contributed by atoms with Crippen molar-refractivity contribution in [3.05, 3.63) is 84.6 Å². The quantitative estimate of drug-likeness (QED) is 0.553. The standard InChI is InChI=1S/C21H15N3O2/c25-19(13-8-15-5-2-1-3-6-15)23-17-11-9-16(10-12-17)21-24-20-18(26-21)7-4-14-22-20/h1-14H,(H,23,25). The highest BCUT2D eigenvalue weighted by atomic mass is 16.3. The molecule has 5 nitrogen and oxygen atoms in total. The highest BCUT2D eigenvalue weighted by Gasteiger charge is 2.08. The molecule has 0 aliphatic carbocycles. The lowest BCUT2D eigenvalue weighted by atomic mass is 10.2. The summed E-state index contributed by atoms with van der Waals surface area (Å²) >= 11 is 0. The van der Waals surface area contributed by atoms with Crippen molar-refractivity contribution in [1.29, 1.82) is 0 Å². The van der Waals surface area contributed by atoms with Gasteiger partial charge in [-0.3, -0.25) is 4.79 Å². The Labute approximate surface area is 150 Å². The third-order valence-corrected chi connectivity index (χ3v) is 3.79. The maximum absolute atomic E-state index is 12.0. The fourth-order valence-electron chi connectivity index (χ4n) is 2.51. The van der Waals surface area contributed by atoms with Crippen molar-refractivity contribution in [1.82, 2.24) is 9.97 Å². The van der Waals surface area contributed by atoms with Crippen LogP contribution in [0.5, 0.6) is 0 Å². The van der Waals surface area contributed by atoms with E-state index >= 15 is 0 Å². The number of aromatic nitrogens is 2. The van der Waals surface area contributed by atoms with E-state index in [1.54, 1.807) is 18.3 Å². The van der Waals surface area contributed by atoms with Crippen LogP contribution in [0.25, 0.3) is 28.8 Å². The lowest BCUT2D eigenvalue weighted by Gasteiger charge is -2.03. The lowest BCUT2D eigenvalue weighted by Crippen LogP contribution is -2.07. The average Bonchev–Trinajstić information content (AvgIpc) is 3.12. The van der Waals surface area contributed by atoms with Crippen LogP contribution in [0.2, 0.25) is 0 Å². The van der Waals surface area contributed by atoms with Crippen LogP contribution < -0.4 is 5.32 Å². The number of fused-ring (bicyclic) bond motifs is 1. The molecule has 0 saturated heterocycles. The molecule has 0 unspecified atom stereocenters. The highest BCUT2D eigenvalue weighted by Crippen LogP contribution is 2.24. The lowest BCUT2D eigenvalue weighted by molar-refractivity contribution is -0.111. The van der Waals surface area contributed by atoms with E-state index in [1.165, 1.54) is 6.08 Å². The van der Waals surface area contributed by atoms with Crippen LogP contribution in [-0.2, 0) is 4.79 Å². The number of hydrogen-bond acceptors (Lipinski definition) is 4. The van der Waals surface area contributed by atoms with Gasteiger partial charge >= 0.3 is 0 Å². The van der Waals surface area contributed by atoms with Gasteiger partial charge in [0.2, 0.25) is 11.8 Å². The summed E-state index contributed by atoms with van der Waals surface area (Å²) in [5, 5.41) is 2.83. The molecule has 4 rings (SSSR count). The zero-order chi connectivity index (χ0) is 17.8. The second-order valence-electron chi connectivity index (χ2n) is 5.65. The predicted molar refractivity (Wildman–Crippen MR) is 101 cm³/mol. The summed E-state index contributed by atoms with van der Waals surface area (Å²) in [5.41, 5.74) is 3.71. The Hall–Kier alpha value is -3.73. The molecule has 5 heteroatoms. The number of hydrogen-bond donors (Lipinski definition) is 1. The summed E-state index contributed by atoms with van der Waals surface area (Å²) in [5.74, 6) is 0.313. The number of amides is 1. The Morgan fingerprint density at radius 1 is 0.962 bits per heavy atom. The number of oxazole rings is 1. The topological polar surface area (TPSA) is 68.0 Å². The van der Waals surface area contributed by atoms with E-state index in [-0.39, 0.29) is 5.91 Å². The van der Waals surface area contributed by atoms with Crippen molar-refractivity contribution >= 4 is 28.9 Å². The second kappa shape index (κ2) is 7.03. The molecule has 0 aliphatic rings. The zero-order valence-corrected chi connectivity index (χ0v) is 13.8. The first-order valence-electron chi connectivity index (χ1n) is 8.14. The Balaban J connectivity index is 1.45. The van der Waals surface area contributed by atoms with E-state index in [2.05, 4.69) is 15.3 Å². The van der Waals surface area contributed by atoms with Gasteiger partial charge in [0.15, 0.2) is 11.2 Å². The van der Waals surface area contributed by atoms with Crippen molar-refractivity contribution in [3.63, 3.8) is 0 Å². The van der Waals surface area contributed by atoms with Gasteiger partial charge in [0, 0.05) is 23.5 Å².